The maximum Gasteiger partial charge on any atom is 0.227 e. The lowest BCUT2D eigenvalue weighted by Gasteiger charge is -2.34. The summed E-state index contributed by atoms with van der Waals surface area (Å²) in [4.78, 5) is 14.5. The number of nitrogens with two attached hydrogens (primary N) is 1. The minimum Gasteiger partial charge on any atom is -0.339 e. The van der Waals surface area contributed by atoms with Crippen molar-refractivity contribution in [3.63, 3.8) is 0 Å². The first-order chi connectivity index (χ1) is 8.27. The van der Waals surface area contributed by atoms with E-state index in [9.17, 15) is 4.79 Å². The Morgan fingerprint density at radius 2 is 1.76 bits per heavy atom. The molecule has 3 fully saturated rings. The van der Waals surface area contributed by atoms with Gasteiger partial charge in [0.2, 0.25) is 5.91 Å². The summed E-state index contributed by atoms with van der Waals surface area (Å²) < 4.78 is 0. The molecule has 1 amide bonds. The fourth-order valence-corrected chi connectivity index (χ4v) is 3.79. The number of carbonyl (C=O) groups is 1. The molecule has 2 saturated carbocycles. The molecule has 0 aromatic rings. The summed E-state index contributed by atoms with van der Waals surface area (Å²) in [5, 5.41) is 0. The molecule has 0 spiro atoms. The van der Waals surface area contributed by atoms with Gasteiger partial charge in [-0.1, -0.05) is 19.3 Å². The highest BCUT2D eigenvalue weighted by atomic mass is 16.2. The Bertz CT molecular complexity index is 299. The summed E-state index contributed by atoms with van der Waals surface area (Å²) in [6, 6.07) is 0.714. The highest BCUT2D eigenvalue weighted by Crippen LogP contribution is 2.38. The molecule has 3 atom stereocenters. The monoisotopic (exact) mass is 236 g/mol. The zero-order valence-electron chi connectivity index (χ0n) is 10.6. The molecular formula is C14H24N2O. The van der Waals surface area contributed by atoms with Gasteiger partial charge in [0.1, 0.15) is 0 Å². The summed E-state index contributed by atoms with van der Waals surface area (Å²) in [5.74, 6) is 1.31. The Kier molecular flexibility index (Phi) is 3.12. The van der Waals surface area contributed by atoms with Crippen LogP contribution in [0.5, 0.6) is 0 Å². The standard InChI is InChI=1S/C14H24N2O/c15-12-9-11(12)14(17)16-8-4-7-13(16)10-5-2-1-3-6-10/h10-13H,1-9,15H2. The van der Waals surface area contributed by atoms with Crippen LogP contribution in [0, 0.1) is 11.8 Å². The van der Waals surface area contributed by atoms with Gasteiger partial charge in [0.15, 0.2) is 0 Å². The third-order valence-corrected chi connectivity index (χ3v) is 4.93. The van der Waals surface area contributed by atoms with Gasteiger partial charge in [-0.25, -0.2) is 0 Å². The van der Waals surface area contributed by atoms with Crippen LogP contribution in [0.15, 0.2) is 0 Å². The van der Waals surface area contributed by atoms with Crippen LogP contribution >= 0.6 is 0 Å². The zero-order chi connectivity index (χ0) is 11.8. The van der Waals surface area contributed by atoms with Crippen LogP contribution in [0.3, 0.4) is 0 Å². The van der Waals surface area contributed by atoms with Crippen LogP contribution < -0.4 is 5.73 Å². The van der Waals surface area contributed by atoms with E-state index in [0.29, 0.717) is 11.9 Å². The summed E-state index contributed by atoms with van der Waals surface area (Å²) in [6.07, 6.45) is 10.2. The van der Waals surface area contributed by atoms with Gasteiger partial charge in [-0.05, 0) is 38.0 Å². The van der Waals surface area contributed by atoms with Gasteiger partial charge in [0.25, 0.3) is 0 Å². The van der Waals surface area contributed by atoms with E-state index in [0.717, 1.165) is 18.9 Å². The molecule has 0 radical (unpaired) electrons. The SMILES string of the molecule is NC1CC1C(=O)N1CCCC1C1CCCCC1. The molecule has 2 N–H and O–H groups in total. The van der Waals surface area contributed by atoms with Gasteiger partial charge in [-0.3, -0.25) is 4.79 Å². The maximum absolute atomic E-state index is 12.3. The molecule has 96 valence electrons. The molecule has 0 aromatic heterocycles. The van der Waals surface area contributed by atoms with Crippen LogP contribution in [-0.4, -0.2) is 29.4 Å². The maximum atomic E-state index is 12.3. The molecule has 1 heterocycles. The van der Waals surface area contributed by atoms with Crippen LogP contribution in [0.4, 0.5) is 0 Å². The minimum atomic E-state index is 0.162. The average Bonchev–Trinajstić information content (AvgIpc) is 2.92. The van der Waals surface area contributed by atoms with Crippen molar-refractivity contribution in [2.75, 3.05) is 6.54 Å². The summed E-state index contributed by atoms with van der Waals surface area (Å²) in [5.41, 5.74) is 5.81. The van der Waals surface area contributed by atoms with E-state index >= 15 is 0 Å². The van der Waals surface area contributed by atoms with E-state index in [1.54, 1.807) is 0 Å². The third-order valence-electron chi connectivity index (χ3n) is 4.93. The fourth-order valence-electron chi connectivity index (χ4n) is 3.79. The van der Waals surface area contributed by atoms with Crippen molar-refractivity contribution in [1.82, 2.24) is 4.90 Å². The van der Waals surface area contributed by atoms with E-state index in [1.165, 1.54) is 44.9 Å². The highest BCUT2D eigenvalue weighted by molar-refractivity contribution is 5.83. The van der Waals surface area contributed by atoms with Crippen LogP contribution in [0.1, 0.15) is 51.4 Å². The van der Waals surface area contributed by atoms with E-state index < -0.39 is 0 Å². The molecule has 2 aliphatic carbocycles. The third kappa shape index (κ3) is 2.22. The predicted octanol–water partition coefficient (Wildman–Crippen LogP) is 1.90. The second-order valence-electron chi connectivity index (χ2n) is 6.15. The number of hydrogen-bond donors (Lipinski definition) is 1. The minimum absolute atomic E-state index is 0.162. The topological polar surface area (TPSA) is 46.3 Å². The molecule has 0 bridgehead atoms. The quantitative estimate of drug-likeness (QED) is 0.796. The molecule has 3 heteroatoms. The summed E-state index contributed by atoms with van der Waals surface area (Å²) in [7, 11) is 0. The predicted molar refractivity (Wildman–Crippen MR) is 67.4 cm³/mol. The number of likely N-dealkylation sites (tertiary alicyclic amines) is 1. The molecule has 1 aliphatic heterocycles. The Labute approximate surface area is 104 Å². The number of nitrogens with zero attached hydrogens (tertiary/aromatic N) is 1. The van der Waals surface area contributed by atoms with Crippen molar-refractivity contribution in [2.24, 2.45) is 17.6 Å². The number of amides is 1. The summed E-state index contributed by atoms with van der Waals surface area (Å²) in [6.45, 7) is 0.989. The molecular weight excluding hydrogens is 212 g/mol. The number of carbonyl (C=O) groups excluding carboxylic acids is 1. The largest absolute Gasteiger partial charge is 0.339 e. The Balaban J connectivity index is 1.64. The van der Waals surface area contributed by atoms with Crippen molar-refractivity contribution in [3.05, 3.63) is 0 Å². The van der Waals surface area contributed by atoms with Gasteiger partial charge in [-0.2, -0.15) is 0 Å². The van der Waals surface area contributed by atoms with Crippen molar-refractivity contribution in [1.29, 1.82) is 0 Å². The number of rotatable bonds is 2. The van der Waals surface area contributed by atoms with Crippen LogP contribution in [0.2, 0.25) is 0 Å². The number of hydrogen-bond acceptors (Lipinski definition) is 2. The van der Waals surface area contributed by atoms with E-state index in [4.69, 9.17) is 5.73 Å². The lowest BCUT2D eigenvalue weighted by molar-refractivity contribution is -0.134. The molecule has 3 unspecified atom stereocenters. The first-order valence-corrected chi connectivity index (χ1v) is 7.33. The van der Waals surface area contributed by atoms with E-state index in [1.807, 2.05) is 0 Å². The molecule has 1 saturated heterocycles. The second kappa shape index (κ2) is 4.60. The molecule has 3 nitrogen and oxygen atoms in total. The normalized spacial score (nSPS) is 38.4. The van der Waals surface area contributed by atoms with Crippen molar-refractivity contribution in [2.45, 2.75) is 63.5 Å². The first-order valence-electron chi connectivity index (χ1n) is 7.33. The molecule has 0 aromatic carbocycles. The lowest BCUT2D eigenvalue weighted by Crippen LogP contribution is -2.42. The van der Waals surface area contributed by atoms with Gasteiger partial charge in [0, 0.05) is 18.6 Å². The van der Waals surface area contributed by atoms with Crippen molar-refractivity contribution < 1.29 is 4.79 Å². The Hall–Kier alpha value is -0.570. The fraction of sp³-hybridized carbons (Fsp3) is 0.929. The second-order valence-corrected chi connectivity index (χ2v) is 6.15. The Morgan fingerprint density at radius 1 is 1.06 bits per heavy atom. The lowest BCUT2D eigenvalue weighted by atomic mass is 9.83. The molecule has 17 heavy (non-hydrogen) atoms. The van der Waals surface area contributed by atoms with E-state index in [2.05, 4.69) is 4.90 Å². The summed E-state index contributed by atoms with van der Waals surface area (Å²) >= 11 is 0. The van der Waals surface area contributed by atoms with Gasteiger partial charge >= 0.3 is 0 Å². The van der Waals surface area contributed by atoms with Crippen molar-refractivity contribution >= 4 is 5.91 Å². The van der Waals surface area contributed by atoms with Gasteiger partial charge in [-0.15, -0.1) is 0 Å². The molecule has 3 aliphatic rings. The van der Waals surface area contributed by atoms with Crippen molar-refractivity contribution in [3.8, 4) is 0 Å². The average molecular weight is 236 g/mol. The van der Waals surface area contributed by atoms with Gasteiger partial charge < -0.3 is 10.6 Å². The van der Waals surface area contributed by atoms with Crippen LogP contribution in [-0.2, 0) is 4.79 Å². The Morgan fingerprint density at radius 3 is 2.41 bits per heavy atom. The van der Waals surface area contributed by atoms with Gasteiger partial charge in [0.05, 0.1) is 5.92 Å². The first kappa shape index (κ1) is 11.5. The molecule has 3 rings (SSSR count). The highest BCUT2D eigenvalue weighted by Gasteiger charge is 2.46. The van der Waals surface area contributed by atoms with Crippen LogP contribution in [0.25, 0.3) is 0 Å². The zero-order valence-corrected chi connectivity index (χ0v) is 10.6. The smallest absolute Gasteiger partial charge is 0.227 e. The van der Waals surface area contributed by atoms with E-state index in [-0.39, 0.29) is 12.0 Å².